The van der Waals surface area contributed by atoms with E-state index in [2.05, 4.69) is 29.2 Å². The van der Waals surface area contributed by atoms with Crippen molar-refractivity contribution in [3.8, 4) is 5.75 Å². The number of benzene rings is 2. The molecule has 1 aliphatic rings. The van der Waals surface area contributed by atoms with Gasteiger partial charge in [0.15, 0.2) is 0 Å². The minimum atomic E-state index is -0.371. The van der Waals surface area contributed by atoms with Crippen molar-refractivity contribution in [3.63, 3.8) is 0 Å². The molecule has 1 saturated heterocycles. The van der Waals surface area contributed by atoms with E-state index in [1.165, 1.54) is 11.6 Å². The molecule has 0 saturated carbocycles. The van der Waals surface area contributed by atoms with E-state index in [1.54, 1.807) is 6.07 Å². The lowest BCUT2D eigenvalue weighted by molar-refractivity contribution is -0.133. The number of carbonyl (C=O) groups excluding carboxylic acids is 1. The molecule has 6 heteroatoms. The van der Waals surface area contributed by atoms with Crippen LogP contribution in [0, 0.1) is 6.92 Å². The van der Waals surface area contributed by atoms with Crippen LogP contribution in [0.1, 0.15) is 37.0 Å². The van der Waals surface area contributed by atoms with Crippen LogP contribution in [0.25, 0.3) is 11.0 Å². The number of hydrogen-bond acceptors (Lipinski definition) is 5. The lowest BCUT2D eigenvalue weighted by atomic mass is 10.0. The summed E-state index contributed by atoms with van der Waals surface area (Å²) in [5.41, 5.74) is 3.27. The summed E-state index contributed by atoms with van der Waals surface area (Å²) in [7, 11) is 0. The Morgan fingerprint density at radius 3 is 2.48 bits per heavy atom. The van der Waals surface area contributed by atoms with Gasteiger partial charge in [-0.15, -0.1) is 0 Å². The molecule has 174 valence electrons. The Hall–Kier alpha value is -3.12. The Bertz CT molecular complexity index is 1160. The van der Waals surface area contributed by atoms with Crippen LogP contribution in [0.15, 0.2) is 57.7 Å². The maximum absolute atomic E-state index is 13.0. The average molecular weight is 449 g/mol. The first-order valence-corrected chi connectivity index (χ1v) is 11.7. The lowest BCUT2D eigenvalue weighted by Crippen LogP contribution is -2.48. The topological polar surface area (TPSA) is 63.0 Å². The molecular formula is C27H32N2O4. The molecular weight excluding hydrogens is 416 g/mol. The van der Waals surface area contributed by atoms with Gasteiger partial charge >= 0.3 is 5.63 Å². The number of aryl methyl sites for hydroxylation is 2. The SMILES string of the molecule is Cc1cc(=O)oc2cc(OC(C)C)c(CCC(=O)N3CCN(Cc4ccccc4)CC3)cc12. The lowest BCUT2D eigenvalue weighted by Gasteiger charge is -2.35. The summed E-state index contributed by atoms with van der Waals surface area (Å²) in [4.78, 5) is 29.1. The molecule has 0 aliphatic carbocycles. The number of fused-ring (bicyclic) bond motifs is 1. The quantitative estimate of drug-likeness (QED) is 0.508. The van der Waals surface area contributed by atoms with Crippen molar-refractivity contribution >= 4 is 16.9 Å². The van der Waals surface area contributed by atoms with Gasteiger partial charge in [0.05, 0.1) is 6.10 Å². The number of hydrogen-bond donors (Lipinski definition) is 0. The summed E-state index contributed by atoms with van der Waals surface area (Å²) < 4.78 is 11.4. The van der Waals surface area contributed by atoms with Gasteiger partial charge in [-0.2, -0.15) is 0 Å². The zero-order valence-electron chi connectivity index (χ0n) is 19.7. The molecule has 33 heavy (non-hydrogen) atoms. The smallest absolute Gasteiger partial charge is 0.336 e. The van der Waals surface area contributed by atoms with Crippen molar-refractivity contribution in [1.29, 1.82) is 0 Å². The highest BCUT2D eigenvalue weighted by Crippen LogP contribution is 2.29. The van der Waals surface area contributed by atoms with E-state index >= 15 is 0 Å². The van der Waals surface area contributed by atoms with Crippen LogP contribution >= 0.6 is 0 Å². The highest BCUT2D eigenvalue weighted by Gasteiger charge is 2.22. The van der Waals surface area contributed by atoms with Crippen molar-refractivity contribution < 1.29 is 13.9 Å². The third kappa shape index (κ3) is 5.82. The molecule has 4 rings (SSSR count). The second-order valence-corrected chi connectivity index (χ2v) is 9.01. The Morgan fingerprint density at radius 2 is 1.79 bits per heavy atom. The first-order chi connectivity index (χ1) is 15.9. The van der Waals surface area contributed by atoms with E-state index in [9.17, 15) is 9.59 Å². The van der Waals surface area contributed by atoms with Crippen LogP contribution < -0.4 is 10.4 Å². The van der Waals surface area contributed by atoms with Gasteiger partial charge in [0, 0.05) is 56.7 Å². The summed E-state index contributed by atoms with van der Waals surface area (Å²) >= 11 is 0. The number of amides is 1. The van der Waals surface area contributed by atoms with Gasteiger partial charge in [0.25, 0.3) is 0 Å². The van der Waals surface area contributed by atoms with Crippen LogP contribution in [0.3, 0.4) is 0 Å². The van der Waals surface area contributed by atoms with E-state index in [0.717, 1.165) is 49.2 Å². The van der Waals surface area contributed by atoms with Crippen LogP contribution in [-0.2, 0) is 17.8 Å². The van der Waals surface area contributed by atoms with Crippen LogP contribution in [-0.4, -0.2) is 48.0 Å². The largest absolute Gasteiger partial charge is 0.491 e. The van der Waals surface area contributed by atoms with Gasteiger partial charge < -0.3 is 14.1 Å². The molecule has 3 aromatic rings. The number of ether oxygens (including phenoxy) is 1. The maximum atomic E-state index is 13.0. The van der Waals surface area contributed by atoms with Gasteiger partial charge in [0.1, 0.15) is 11.3 Å². The first-order valence-electron chi connectivity index (χ1n) is 11.7. The fourth-order valence-corrected chi connectivity index (χ4v) is 4.35. The Labute approximate surface area is 194 Å². The van der Waals surface area contributed by atoms with Gasteiger partial charge in [-0.3, -0.25) is 9.69 Å². The van der Waals surface area contributed by atoms with Gasteiger partial charge in [0.2, 0.25) is 5.91 Å². The maximum Gasteiger partial charge on any atom is 0.336 e. The average Bonchev–Trinajstić information content (AvgIpc) is 2.78. The zero-order chi connectivity index (χ0) is 23.4. The van der Waals surface area contributed by atoms with Crippen molar-refractivity contribution in [3.05, 3.63) is 75.6 Å². The molecule has 1 fully saturated rings. The van der Waals surface area contributed by atoms with E-state index in [4.69, 9.17) is 9.15 Å². The van der Waals surface area contributed by atoms with Crippen LogP contribution in [0.2, 0.25) is 0 Å². The predicted octanol–water partition coefficient (Wildman–Crippen LogP) is 4.17. The van der Waals surface area contributed by atoms with Crippen molar-refractivity contribution in [2.24, 2.45) is 0 Å². The second kappa shape index (κ2) is 10.2. The van der Waals surface area contributed by atoms with E-state index in [1.807, 2.05) is 37.8 Å². The van der Waals surface area contributed by atoms with Crippen LogP contribution in [0.5, 0.6) is 5.75 Å². The molecule has 1 aromatic heterocycles. The predicted molar refractivity (Wildman–Crippen MR) is 130 cm³/mol. The molecule has 0 bridgehead atoms. The summed E-state index contributed by atoms with van der Waals surface area (Å²) in [6, 6.07) is 15.7. The van der Waals surface area contributed by atoms with Crippen LogP contribution in [0.4, 0.5) is 0 Å². The molecule has 2 heterocycles. The fraction of sp³-hybridized carbons (Fsp3) is 0.407. The third-order valence-electron chi connectivity index (χ3n) is 6.08. The summed E-state index contributed by atoms with van der Waals surface area (Å²) in [6.07, 6.45) is 0.986. The molecule has 0 spiro atoms. The molecule has 0 unspecified atom stereocenters. The molecule has 6 nitrogen and oxygen atoms in total. The van der Waals surface area contributed by atoms with Crippen molar-refractivity contribution in [2.75, 3.05) is 26.2 Å². The highest BCUT2D eigenvalue weighted by atomic mass is 16.5. The van der Waals surface area contributed by atoms with Gasteiger partial charge in [-0.1, -0.05) is 30.3 Å². The van der Waals surface area contributed by atoms with E-state index < -0.39 is 0 Å². The van der Waals surface area contributed by atoms with Crippen molar-refractivity contribution in [1.82, 2.24) is 9.80 Å². The molecule has 0 N–H and O–H groups in total. The monoisotopic (exact) mass is 448 g/mol. The first kappa shape index (κ1) is 23.1. The van der Waals surface area contributed by atoms with Gasteiger partial charge in [-0.25, -0.2) is 4.79 Å². The fourth-order valence-electron chi connectivity index (χ4n) is 4.35. The molecule has 0 radical (unpaired) electrons. The molecule has 1 amide bonds. The van der Waals surface area contributed by atoms with Crippen molar-refractivity contribution in [2.45, 2.75) is 46.3 Å². The molecule has 1 aliphatic heterocycles. The second-order valence-electron chi connectivity index (χ2n) is 9.01. The number of carbonyl (C=O) groups is 1. The van der Waals surface area contributed by atoms with E-state index in [0.29, 0.717) is 24.2 Å². The summed E-state index contributed by atoms with van der Waals surface area (Å²) in [5, 5.41) is 0.877. The normalized spacial score (nSPS) is 14.7. The standard InChI is InChI=1S/C27H32N2O4/c1-19(2)32-24-17-25-23(20(3)15-27(31)33-25)16-22(24)9-10-26(30)29-13-11-28(12-14-29)18-21-7-5-4-6-8-21/h4-8,15-17,19H,9-14,18H2,1-3H3. The summed E-state index contributed by atoms with van der Waals surface area (Å²) in [6.45, 7) is 10.0. The van der Waals surface area contributed by atoms with E-state index in [-0.39, 0.29) is 17.6 Å². The van der Waals surface area contributed by atoms with Gasteiger partial charge in [-0.05, 0) is 49.9 Å². The Kier molecular flexibility index (Phi) is 7.14. The Balaban J connectivity index is 1.40. The number of nitrogens with zero attached hydrogens (tertiary/aromatic N) is 2. The third-order valence-corrected chi connectivity index (χ3v) is 6.08. The summed E-state index contributed by atoms with van der Waals surface area (Å²) in [5.74, 6) is 0.841. The number of piperazine rings is 1. The minimum absolute atomic E-state index is 0.0221. The Morgan fingerprint density at radius 1 is 1.06 bits per heavy atom. The minimum Gasteiger partial charge on any atom is -0.491 e. The molecule has 0 atom stereocenters. The highest BCUT2D eigenvalue weighted by molar-refractivity contribution is 5.83. The molecule has 2 aromatic carbocycles. The zero-order valence-corrected chi connectivity index (χ0v) is 19.7. The number of rotatable bonds is 7.